The maximum absolute atomic E-state index is 12.8. The van der Waals surface area contributed by atoms with Crippen LogP contribution in [0.2, 0.25) is 0 Å². The molecule has 5 aromatic rings. The lowest BCUT2D eigenvalue weighted by atomic mass is 9.87. The number of aryl methyl sites for hydroxylation is 2. The van der Waals surface area contributed by atoms with Gasteiger partial charge in [-0.3, -0.25) is 24.6 Å². The van der Waals surface area contributed by atoms with E-state index in [1.807, 2.05) is 71.1 Å². The molecule has 0 radical (unpaired) electrons. The zero-order valence-electron chi connectivity index (χ0n) is 33.4. The monoisotopic (exact) mass is 770 g/mol. The van der Waals surface area contributed by atoms with Crippen molar-refractivity contribution in [3.05, 3.63) is 107 Å². The van der Waals surface area contributed by atoms with E-state index in [1.165, 1.54) is 11.9 Å². The first-order valence-electron chi connectivity index (χ1n) is 19.5. The number of imide groups is 1. The molecule has 2 unspecified atom stereocenters. The number of benzene rings is 2. The van der Waals surface area contributed by atoms with Crippen LogP contribution in [0.25, 0.3) is 11.3 Å². The molecule has 0 bridgehead atoms. The minimum Gasteiger partial charge on any atom is -0.368 e. The fourth-order valence-corrected chi connectivity index (χ4v) is 7.43. The lowest BCUT2D eigenvalue weighted by molar-refractivity contribution is -0.134. The summed E-state index contributed by atoms with van der Waals surface area (Å²) in [7, 11) is 0. The van der Waals surface area contributed by atoms with Gasteiger partial charge in [-0.25, -0.2) is 15.0 Å². The number of amides is 3. The topological polar surface area (TPSA) is 171 Å². The van der Waals surface area contributed by atoms with Crippen molar-refractivity contribution in [3.8, 4) is 11.3 Å². The van der Waals surface area contributed by atoms with Crippen LogP contribution in [0.5, 0.6) is 0 Å². The molecule has 3 amide bonds. The average molecular weight is 771 g/mol. The quantitative estimate of drug-likeness (QED) is 0.135. The second kappa shape index (κ2) is 16.6. The van der Waals surface area contributed by atoms with Crippen LogP contribution in [0.4, 0.5) is 17.3 Å². The van der Waals surface area contributed by atoms with Gasteiger partial charge in [-0.2, -0.15) is 4.98 Å². The number of anilines is 3. The van der Waals surface area contributed by atoms with E-state index in [-0.39, 0.29) is 35.1 Å². The summed E-state index contributed by atoms with van der Waals surface area (Å²) in [6, 6.07) is 18.1. The number of carbonyl (C=O) groups excluding carboxylic acids is 3. The number of hydrogen-bond donors (Lipinski definition) is 3. The van der Waals surface area contributed by atoms with Crippen molar-refractivity contribution in [3.63, 3.8) is 0 Å². The number of piperidine rings is 1. The van der Waals surface area contributed by atoms with Gasteiger partial charge in [-0.1, -0.05) is 56.3 Å². The number of aromatic nitrogens is 5. The number of carbonyl (C=O) groups is 3. The van der Waals surface area contributed by atoms with Gasteiger partial charge in [0.05, 0.1) is 29.5 Å². The van der Waals surface area contributed by atoms with Crippen LogP contribution in [-0.4, -0.2) is 80.4 Å². The second-order valence-corrected chi connectivity index (χ2v) is 16.0. The first kappa shape index (κ1) is 39.2. The third-order valence-electron chi connectivity index (χ3n) is 10.7. The molecule has 5 heterocycles. The number of nitrogens with zero attached hydrogens (tertiary/aromatic N) is 7. The van der Waals surface area contributed by atoms with E-state index >= 15 is 0 Å². The van der Waals surface area contributed by atoms with E-state index in [4.69, 9.17) is 4.52 Å². The van der Waals surface area contributed by atoms with E-state index in [0.717, 1.165) is 78.3 Å². The smallest absolute Gasteiger partial charge is 0.315 e. The van der Waals surface area contributed by atoms with Gasteiger partial charge in [0.15, 0.2) is 5.82 Å². The molecule has 2 aliphatic heterocycles. The third kappa shape index (κ3) is 9.34. The van der Waals surface area contributed by atoms with Gasteiger partial charge in [0.2, 0.25) is 11.8 Å². The molecule has 14 nitrogen and oxygen atoms in total. The first-order chi connectivity index (χ1) is 27.3. The molecule has 3 aromatic heterocycles. The Morgan fingerprint density at radius 1 is 0.947 bits per heavy atom. The van der Waals surface area contributed by atoms with Crippen LogP contribution in [0.3, 0.4) is 0 Å². The number of nitrogens with one attached hydrogen (secondary N) is 3. The molecule has 57 heavy (non-hydrogen) atoms. The van der Waals surface area contributed by atoms with Crippen molar-refractivity contribution >= 4 is 35.0 Å². The van der Waals surface area contributed by atoms with E-state index in [1.54, 1.807) is 0 Å². The Kier molecular flexibility index (Phi) is 11.4. The number of rotatable bonds is 11. The highest BCUT2D eigenvalue weighted by Crippen LogP contribution is 2.29. The zero-order chi connectivity index (χ0) is 40.3. The van der Waals surface area contributed by atoms with Crippen molar-refractivity contribution < 1.29 is 18.9 Å². The minimum atomic E-state index is -0.416. The molecule has 3 N–H and O–H groups in total. The molecule has 296 valence electrons. The Labute approximate surface area is 332 Å². The molecule has 2 fully saturated rings. The maximum Gasteiger partial charge on any atom is 0.315 e. The van der Waals surface area contributed by atoms with Gasteiger partial charge in [-0.05, 0) is 79.6 Å². The van der Waals surface area contributed by atoms with Gasteiger partial charge in [0, 0.05) is 56.2 Å². The van der Waals surface area contributed by atoms with Gasteiger partial charge < -0.3 is 20.1 Å². The van der Waals surface area contributed by atoms with Crippen molar-refractivity contribution in [2.45, 2.75) is 78.2 Å². The van der Waals surface area contributed by atoms with Crippen LogP contribution in [-0.2, 0) is 21.4 Å². The molecular formula is C43H50N10O4. The lowest BCUT2D eigenvalue weighted by Gasteiger charge is -2.36. The average Bonchev–Trinajstić information content (AvgIpc) is 3.70. The summed E-state index contributed by atoms with van der Waals surface area (Å²) >= 11 is 0. The van der Waals surface area contributed by atoms with Crippen molar-refractivity contribution in [1.29, 1.82) is 0 Å². The Balaban J connectivity index is 0.890. The Morgan fingerprint density at radius 2 is 1.75 bits per heavy atom. The summed E-state index contributed by atoms with van der Waals surface area (Å²) in [5.41, 5.74) is 7.78. The Morgan fingerprint density at radius 3 is 2.44 bits per heavy atom. The summed E-state index contributed by atoms with van der Waals surface area (Å²) in [5.74, 6) is 0.703. The van der Waals surface area contributed by atoms with Gasteiger partial charge in [-0.15, -0.1) is 0 Å². The number of pyridine rings is 1. The normalized spacial score (nSPS) is 16.9. The fourth-order valence-electron chi connectivity index (χ4n) is 7.43. The molecule has 2 atom stereocenters. The van der Waals surface area contributed by atoms with Crippen molar-refractivity contribution in [2.75, 3.05) is 42.9 Å². The standard InChI is InChI=1S/C43H50N10O4/c1-26-21-29(7-10-33(26)34-12-14-38(54)49-39(34)55)15-16-52-17-19-53(20-18-52)31-9-13-36(44-24-31)48-37-23-35(45-25-46-37)30-8-11-32(27(2)22-30)28(3)47-40(56)41-50-42(51-57-41)43(4,5)6/h7-11,13,21-25,28,34H,12,14-20H2,1-6H3,(H,47,56)(H,49,54,55)(H,44,45,46,48). The minimum absolute atomic E-state index is 0.0539. The predicted octanol–water partition coefficient (Wildman–Crippen LogP) is 5.96. The molecule has 2 aliphatic rings. The predicted molar refractivity (Wildman–Crippen MR) is 217 cm³/mol. The van der Waals surface area contributed by atoms with Crippen LogP contribution >= 0.6 is 0 Å². The summed E-state index contributed by atoms with van der Waals surface area (Å²) in [6.07, 6.45) is 5.33. The second-order valence-electron chi connectivity index (χ2n) is 16.0. The van der Waals surface area contributed by atoms with Gasteiger partial charge in [0.1, 0.15) is 18.0 Å². The van der Waals surface area contributed by atoms with Crippen molar-refractivity contribution in [1.82, 2.24) is 40.6 Å². The molecule has 0 aliphatic carbocycles. The van der Waals surface area contributed by atoms with E-state index in [2.05, 4.69) is 82.0 Å². The molecule has 2 saturated heterocycles. The number of hydrogen-bond acceptors (Lipinski definition) is 12. The summed E-state index contributed by atoms with van der Waals surface area (Å²) in [4.78, 5) is 59.5. The maximum atomic E-state index is 12.8. The Hall–Kier alpha value is -6.02. The van der Waals surface area contributed by atoms with Crippen LogP contribution in [0.15, 0.2) is 71.6 Å². The third-order valence-corrected chi connectivity index (χ3v) is 10.7. The molecule has 0 saturated carbocycles. The van der Waals surface area contributed by atoms with Gasteiger partial charge in [0.25, 0.3) is 0 Å². The van der Waals surface area contributed by atoms with E-state index in [9.17, 15) is 14.4 Å². The van der Waals surface area contributed by atoms with Crippen molar-refractivity contribution in [2.24, 2.45) is 0 Å². The first-order valence-corrected chi connectivity index (χ1v) is 19.5. The van der Waals surface area contributed by atoms with Crippen LogP contribution in [0, 0.1) is 13.8 Å². The van der Waals surface area contributed by atoms with E-state index < -0.39 is 5.91 Å². The summed E-state index contributed by atoms with van der Waals surface area (Å²) in [6.45, 7) is 16.6. The highest BCUT2D eigenvalue weighted by atomic mass is 16.5. The van der Waals surface area contributed by atoms with E-state index in [0.29, 0.717) is 30.3 Å². The van der Waals surface area contributed by atoms with Crippen LogP contribution < -0.4 is 20.9 Å². The lowest BCUT2D eigenvalue weighted by Crippen LogP contribution is -2.47. The molecule has 0 spiro atoms. The highest BCUT2D eigenvalue weighted by Gasteiger charge is 2.29. The Bertz CT molecular complexity index is 2260. The highest BCUT2D eigenvalue weighted by molar-refractivity contribution is 6.01. The molecule has 2 aromatic carbocycles. The molecule has 7 rings (SSSR count). The fraction of sp³-hybridized carbons (Fsp3) is 0.395. The number of piperazine rings is 1. The summed E-state index contributed by atoms with van der Waals surface area (Å²) < 4.78 is 5.21. The van der Waals surface area contributed by atoms with Gasteiger partial charge >= 0.3 is 11.8 Å². The van der Waals surface area contributed by atoms with Crippen LogP contribution in [0.1, 0.15) is 96.8 Å². The molecule has 14 heteroatoms. The summed E-state index contributed by atoms with van der Waals surface area (Å²) in [5, 5.41) is 12.7. The molecular weight excluding hydrogens is 721 g/mol. The largest absolute Gasteiger partial charge is 0.368 e. The SMILES string of the molecule is Cc1cc(-c2cc(Nc3ccc(N4CCN(CCc5ccc(C6CCC(=O)NC6=O)c(C)c5)CC4)cn3)ncn2)ccc1C(C)NC(=O)c1nc(C(C)(C)C)no1. The zero-order valence-corrected chi connectivity index (χ0v) is 33.4.